The summed E-state index contributed by atoms with van der Waals surface area (Å²) in [5.74, 6) is 0.695. The van der Waals surface area contributed by atoms with Gasteiger partial charge in [-0.05, 0) is 29.7 Å². The fraction of sp³-hybridized carbons (Fsp3) is 0.174. The number of hydrogen-bond donors (Lipinski definition) is 1. The summed E-state index contributed by atoms with van der Waals surface area (Å²) in [5.41, 5.74) is 2.90. The van der Waals surface area contributed by atoms with E-state index in [1.54, 1.807) is 7.11 Å². The second kappa shape index (κ2) is 6.68. The molecule has 1 aliphatic rings. The van der Waals surface area contributed by atoms with E-state index in [2.05, 4.69) is 29.6 Å². The predicted octanol–water partition coefficient (Wildman–Crippen LogP) is 4.64. The molecular weight excluding hydrogens is 322 g/mol. The first-order valence-electron chi connectivity index (χ1n) is 8.80. The molecule has 0 spiro atoms. The molecule has 1 atom stereocenters. The average Bonchev–Trinajstić information content (AvgIpc) is 3.47. The number of rotatable bonds is 5. The molecule has 1 N–H and O–H groups in total. The molecule has 0 unspecified atom stereocenters. The minimum Gasteiger partial charge on any atom is -0.497 e. The quantitative estimate of drug-likeness (QED) is 0.733. The zero-order valence-corrected chi connectivity index (χ0v) is 14.7. The van der Waals surface area contributed by atoms with Gasteiger partial charge in [-0.1, -0.05) is 66.7 Å². The van der Waals surface area contributed by atoms with Gasteiger partial charge in [-0.2, -0.15) is 0 Å². The number of nitrogens with one attached hydrogen (secondary N) is 1. The summed E-state index contributed by atoms with van der Waals surface area (Å²) in [7, 11) is 1.62. The van der Waals surface area contributed by atoms with Crippen molar-refractivity contribution in [3.63, 3.8) is 0 Å². The highest BCUT2D eigenvalue weighted by molar-refractivity contribution is 5.97. The van der Waals surface area contributed by atoms with Crippen LogP contribution in [0.2, 0.25) is 0 Å². The minimum atomic E-state index is -0.245. The van der Waals surface area contributed by atoms with E-state index in [0.29, 0.717) is 0 Å². The van der Waals surface area contributed by atoms with Crippen molar-refractivity contribution in [3.05, 3.63) is 96.1 Å². The monoisotopic (exact) mass is 343 g/mol. The molecule has 0 radical (unpaired) electrons. The second-order valence-electron chi connectivity index (χ2n) is 6.68. The van der Waals surface area contributed by atoms with E-state index >= 15 is 0 Å². The Hall–Kier alpha value is -3.07. The number of carbonyl (C=O) groups is 1. The van der Waals surface area contributed by atoms with Crippen molar-refractivity contribution in [1.82, 2.24) is 0 Å². The summed E-state index contributed by atoms with van der Waals surface area (Å²) in [4.78, 5) is 13.0. The zero-order valence-electron chi connectivity index (χ0n) is 14.7. The van der Waals surface area contributed by atoms with E-state index < -0.39 is 0 Å². The van der Waals surface area contributed by atoms with Crippen LogP contribution in [0.25, 0.3) is 0 Å². The van der Waals surface area contributed by atoms with Gasteiger partial charge in [0.25, 0.3) is 0 Å². The highest BCUT2D eigenvalue weighted by Gasteiger charge is 2.60. The summed E-state index contributed by atoms with van der Waals surface area (Å²) >= 11 is 0. The van der Waals surface area contributed by atoms with E-state index in [-0.39, 0.29) is 17.2 Å². The molecule has 3 aromatic rings. The maximum absolute atomic E-state index is 13.0. The topological polar surface area (TPSA) is 38.3 Å². The van der Waals surface area contributed by atoms with E-state index in [9.17, 15) is 4.79 Å². The molecule has 0 bridgehead atoms. The Bertz CT molecular complexity index is 866. The van der Waals surface area contributed by atoms with Crippen molar-refractivity contribution in [1.29, 1.82) is 0 Å². The Morgan fingerprint density at radius 1 is 0.923 bits per heavy atom. The van der Waals surface area contributed by atoms with E-state index in [1.807, 2.05) is 60.7 Å². The Kier molecular flexibility index (Phi) is 4.21. The first-order valence-corrected chi connectivity index (χ1v) is 8.80. The lowest BCUT2D eigenvalue weighted by Gasteiger charge is -2.19. The fourth-order valence-electron chi connectivity index (χ4n) is 3.79. The summed E-state index contributed by atoms with van der Waals surface area (Å²) < 4.78 is 5.24. The van der Waals surface area contributed by atoms with Gasteiger partial charge >= 0.3 is 0 Å². The van der Waals surface area contributed by atoms with Gasteiger partial charge in [0.2, 0.25) is 5.91 Å². The van der Waals surface area contributed by atoms with Gasteiger partial charge in [0, 0.05) is 17.2 Å². The number of methoxy groups -OCH3 is 1. The van der Waals surface area contributed by atoms with Crippen molar-refractivity contribution in [3.8, 4) is 5.75 Å². The molecule has 1 aliphatic carbocycles. The van der Waals surface area contributed by atoms with Crippen molar-refractivity contribution in [2.45, 2.75) is 11.8 Å². The number of hydrogen-bond acceptors (Lipinski definition) is 2. The van der Waals surface area contributed by atoms with Gasteiger partial charge in [-0.3, -0.25) is 4.79 Å². The van der Waals surface area contributed by atoms with Crippen molar-refractivity contribution >= 4 is 11.6 Å². The largest absolute Gasteiger partial charge is 0.497 e. The molecule has 1 amide bonds. The lowest BCUT2D eigenvalue weighted by Crippen LogP contribution is -2.22. The van der Waals surface area contributed by atoms with Crippen LogP contribution in [0.3, 0.4) is 0 Å². The summed E-state index contributed by atoms with van der Waals surface area (Å²) in [6.07, 6.45) is 0.816. The molecule has 0 aromatic heterocycles. The van der Waals surface area contributed by atoms with Gasteiger partial charge in [0.1, 0.15) is 5.75 Å². The van der Waals surface area contributed by atoms with Crippen molar-refractivity contribution in [2.75, 3.05) is 12.4 Å². The number of amides is 1. The van der Waals surface area contributed by atoms with E-state index in [4.69, 9.17) is 4.74 Å². The third kappa shape index (κ3) is 2.86. The highest BCUT2D eigenvalue weighted by atomic mass is 16.5. The number of anilines is 1. The Balaban J connectivity index is 1.63. The maximum Gasteiger partial charge on any atom is 0.228 e. The zero-order chi connectivity index (χ0) is 18.0. The molecule has 0 heterocycles. The molecule has 0 aliphatic heterocycles. The van der Waals surface area contributed by atoms with Crippen LogP contribution in [0.1, 0.15) is 17.5 Å². The molecule has 0 saturated heterocycles. The van der Waals surface area contributed by atoms with Gasteiger partial charge in [0.05, 0.1) is 13.0 Å². The molecule has 130 valence electrons. The smallest absolute Gasteiger partial charge is 0.228 e. The van der Waals surface area contributed by atoms with Crippen LogP contribution in [0.15, 0.2) is 84.9 Å². The molecular formula is C23H21NO2. The van der Waals surface area contributed by atoms with E-state index in [1.165, 1.54) is 11.1 Å². The third-order valence-corrected chi connectivity index (χ3v) is 5.19. The number of benzene rings is 3. The third-order valence-electron chi connectivity index (χ3n) is 5.19. The van der Waals surface area contributed by atoms with Crippen LogP contribution in [-0.2, 0) is 10.2 Å². The van der Waals surface area contributed by atoms with Crippen LogP contribution >= 0.6 is 0 Å². The Labute approximate surface area is 153 Å². The van der Waals surface area contributed by atoms with Crippen LogP contribution in [-0.4, -0.2) is 13.0 Å². The second-order valence-corrected chi connectivity index (χ2v) is 6.68. The predicted molar refractivity (Wildman–Crippen MR) is 103 cm³/mol. The Morgan fingerprint density at radius 3 is 2.12 bits per heavy atom. The number of ether oxygens (including phenoxy) is 1. The maximum atomic E-state index is 13.0. The standard InChI is InChI=1S/C23H21NO2/c1-26-20-14-8-13-19(15-20)24-22(25)21-16-23(21,17-9-4-2-5-10-17)18-11-6-3-7-12-18/h2-15,21H,16H2,1H3,(H,24,25)/t21-/m1/s1. The van der Waals surface area contributed by atoms with Crippen molar-refractivity contribution < 1.29 is 9.53 Å². The lowest BCUT2D eigenvalue weighted by molar-refractivity contribution is -0.117. The summed E-state index contributed by atoms with van der Waals surface area (Å²) in [6, 6.07) is 28.1. The fourth-order valence-corrected chi connectivity index (χ4v) is 3.79. The summed E-state index contributed by atoms with van der Waals surface area (Å²) in [5, 5.41) is 3.05. The van der Waals surface area contributed by atoms with Gasteiger partial charge in [-0.15, -0.1) is 0 Å². The summed E-state index contributed by atoms with van der Waals surface area (Å²) in [6.45, 7) is 0. The van der Waals surface area contributed by atoms with Gasteiger partial charge < -0.3 is 10.1 Å². The van der Waals surface area contributed by atoms with Crippen LogP contribution in [0.5, 0.6) is 5.75 Å². The Morgan fingerprint density at radius 2 is 1.54 bits per heavy atom. The minimum absolute atomic E-state index is 0.0472. The van der Waals surface area contributed by atoms with Crippen molar-refractivity contribution in [2.24, 2.45) is 5.92 Å². The van der Waals surface area contributed by atoms with Gasteiger partial charge in [-0.25, -0.2) is 0 Å². The molecule has 26 heavy (non-hydrogen) atoms. The average molecular weight is 343 g/mol. The SMILES string of the molecule is COc1cccc(NC(=O)[C@H]2CC2(c2ccccc2)c2ccccc2)c1. The van der Waals surface area contributed by atoms with Gasteiger partial charge in [0.15, 0.2) is 0 Å². The first-order chi connectivity index (χ1) is 12.7. The molecule has 3 nitrogen and oxygen atoms in total. The molecule has 4 rings (SSSR count). The molecule has 3 heteroatoms. The molecule has 1 saturated carbocycles. The molecule has 1 fully saturated rings. The number of carbonyl (C=O) groups excluding carboxylic acids is 1. The highest BCUT2D eigenvalue weighted by Crippen LogP contribution is 2.59. The first kappa shape index (κ1) is 16.4. The lowest BCUT2D eigenvalue weighted by atomic mass is 9.85. The van der Waals surface area contributed by atoms with Crippen LogP contribution in [0, 0.1) is 5.92 Å². The van der Waals surface area contributed by atoms with E-state index in [0.717, 1.165) is 17.9 Å². The van der Waals surface area contributed by atoms with Crippen LogP contribution < -0.4 is 10.1 Å². The molecule has 3 aromatic carbocycles. The van der Waals surface area contributed by atoms with Crippen LogP contribution in [0.4, 0.5) is 5.69 Å². The normalized spacial score (nSPS) is 17.3.